The first-order chi connectivity index (χ1) is 8.74. The number of aromatic nitrogens is 3. The SMILES string of the molecule is Cc1cnn2cc3c(nc12)N(C)[C@@H]1CCC[C@@H]1O3. The number of fused-ring (bicyclic) bond motifs is 3. The van der Waals surface area contributed by atoms with Crippen molar-refractivity contribution in [1.82, 2.24) is 14.6 Å². The molecule has 0 saturated heterocycles. The summed E-state index contributed by atoms with van der Waals surface area (Å²) in [5.41, 5.74) is 2.01. The summed E-state index contributed by atoms with van der Waals surface area (Å²) in [6.07, 6.45) is 7.70. The predicted molar refractivity (Wildman–Crippen MR) is 68.2 cm³/mol. The summed E-state index contributed by atoms with van der Waals surface area (Å²) in [4.78, 5) is 7.00. The molecule has 0 amide bonds. The molecule has 2 aromatic rings. The van der Waals surface area contributed by atoms with Gasteiger partial charge in [0.2, 0.25) is 0 Å². The highest BCUT2D eigenvalue weighted by molar-refractivity contribution is 5.61. The van der Waals surface area contributed by atoms with Crippen molar-refractivity contribution in [2.45, 2.75) is 38.3 Å². The van der Waals surface area contributed by atoms with Gasteiger partial charge in [0.25, 0.3) is 0 Å². The van der Waals surface area contributed by atoms with Gasteiger partial charge < -0.3 is 9.64 Å². The highest BCUT2D eigenvalue weighted by atomic mass is 16.5. The Kier molecular flexibility index (Phi) is 1.90. The molecule has 2 aliphatic rings. The molecule has 2 aromatic heterocycles. The van der Waals surface area contributed by atoms with Crippen molar-refractivity contribution < 1.29 is 4.74 Å². The fraction of sp³-hybridized carbons (Fsp3) is 0.538. The second kappa shape index (κ2) is 3.37. The lowest BCUT2D eigenvalue weighted by atomic mass is 10.1. The van der Waals surface area contributed by atoms with Gasteiger partial charge in [0.15, 0.2) is 17.2 Å². The van der Waals surface area contributed by atoms with E-state index in [0.29, 0.717) is 12.1 Å². The van der Waals surface area contributed by atoms with Gasteiger partial charge in [-0.05, 0) is 26.2 Å². The van der Waals surface area contributed by atoms with Gasteiger partial charge in [-0.2, -0.15) is 5.10 Å². The Morgan fingerprint density at radius 3 is 3.17 bits per heavy atom. The minimum atomic E-state index is 0.318. The van der Waals surface area contributed by atoms with Crippen LogP contribution in [-0.2, 0) is 0 Å². The zero-order valence-corrected chi connectivity index (χ0v) is 10.6. The van der Waals surface area contributed by atoms with E-state index in [9.17, 15) is 0 Å². The number of anilines is 1. The number of hydrogen-bond acceptors (Lipinski definition) is 4. The smallest absolute Gasteiger partial charge is 0.180 e. The number of rotatable bonds is 0. The molecule has 1 saturated carbocycles. The van der Waals surface area contributed by atoms with Crippen LogP contribution in [0.3, 0.4) is 0 Å². The van der Waals surface area contributed by atoms with Crippen LogP contribution >= 0.6 is 0 Å². The molecule has 1 fully saturated rings. The number of ether oxygens (including phenoxy) is 1. The quantitative estimate of drug-likeness (QED) is 0.708. The van der Waals surface area contributed by atoms with Gasteiger partial charge in [-0.25, -0.2) is 9.50 Å². The largest absolute Gasteiger partial charge is 0.483 e. The van der Waals surface area contributed by atoms with Crippen molar-refractivity contribution in [3.63, 3.8) is 0 Å². The van der Waals surface area contributed by atoms with E-state index in [1.54, 1.807) is 4.52 Å². The van der Waals surface area contributed by atoms with Crippen LogP contribution in [0.5, 0.6) is 5.75 Å². The Morgan fingerprint density at radius 2 is 2.28 bits per heavy atom. The summed E-state index contributed by atoms with van der Waals surface area (Å²) in [7, 11) is 2.12. The highest BCUT2D eigenvalue weighted by Crippen LogP contribution is 2.39. The van der Waals surface area contributed by atoms with Gasteiger partial charge in [-0.1, -0.05) is 0 Å². The monoisotopic (exact) mass is 244 g/mol. The molecular weight excluding hydrogens is 228 g/mol. The van der Waals surface area contributed by atoms with Gasteiger partial charge >= 0.3 is 0 Å². The third-order valence-corrected chi connectivity index (χ3v) is 4.14. The normalized spacial score (nSPS) is 26.0. The van der Waals surface area contributed by atoms with Gasteiger partial charge in [-0.3, -0.25) is 0 Å². The summed E-state index contributed by atoms with van der Waals surface area (Å²) in [5.74, 6) is 1.81. The van der Waals surface area contributed by atoms with Crippen LogP contribution in [0.15, 0.2) is 12.4 Å². The minimum Gasteiger partial charge on any atom is -0.483 e. The van der Waals surface area contributed by atoms with Gasteiger partial charge in [-0.15, -0.1) is 0 Å². The molecule has 4 rings (SSSR count). The highest BCUT2D eigenvalue weighted by Gasteiger charge is 2.38. The summed E-state index contributed by atoms with van der Waals surface area (Å²) < 4.78 is 7.88. The lowest BCUT2D eigenvalue weighted by Gasteiger charge is -2.36. The van der Waals surface area contributed by atoms with Crippen molar-refractivity contribution in [2.24, 2.45) is 0 Å². The molecule has 0 radical (unpaired) electrons. The molecule has 1 aliphatic carbocycles. The van der Waals surface area contributed by atoms with E-state index in [-0.39, 0.29) is 0 Å². The van der Waals surface area contributed by atoms with Crippen molar-refractivity contribution >= 4 is 11.5 Å². The Bertz CT molecular complexity index is 621. The molecule has 3 heterocycles. The van der Waals surface area contributed by atoms with E-state index in [0.717, 1.165) is 29.2 Å². The predicted octanol–water partition coefficient (Wildman–Crippen LogP) is 1.79. The van der Waals surface area contributed by atoms with Crippen LogP contribution in [0.4, 0.5) is 5.82 Å². The van der Waals surface area contributed by atoms with Crippen molar-refractivity contribution in [3.05, 3.63) is 18.0 Å². The topological polar surface area (TPSA) is 42.7 Å². The van der Waals surface area contributed by atoms with Crippen LogP contribution in [0.2, 0.25) is 0 Å². The standard InChI is InChI=1S/C13H16N4O/c1-8-6-14-17-7-11-13(15-12(8)17)16(2)9-4-3-5-10(9)18-11/h6-7,9-10H,3-5H2,1-2H3/t9-,10+/m1/s1. The molecule has 0 N–H and O–H groups in total. The zero-order chi connectivity index (χ0) is 12.3. The molecule has 94 valence electrons. The Morgan fingerprint density at radius 1 is 1.39 bits per heavy atom. The van der Waals surface area contributed by atoms with E-state index < -0.39 is 0 Å². The zero-order valence-electron chi connectivity index (χ0n) is 10.6. The Hall–Kier alpha value is -1.78. The number of hydrogen-bond donors (Lipinski definition) is 0. The Balaban J connectivity index is 1.91. The van der Waals surface area contributed by atoms with E-state index >= 15 is 0 Å². The van der Waals surface area contributed by atoms with Crippen LogP contribution in [-0.4, -0.2) is 33.8 Å². The second-order valence-corrected chi connectivity index (χ2v) is 5.29. The summed E-state index contributed by atoms with van der Waals surface area (Å²) in [5, 5.41) is 4.29. The van der Waals surface area contributed by atoms with Crippen molar-refractivity contribution in [2.75, 3.05) is 11.9 Å². The molecule has 5 heteroatoms. The van der Waals surface area contributed by atoms with E-state index in [4.69, 9.17) is 9.72 Å². The summed E-state index contributed by atoms with van der Waals surface area (Å²) in [6, 6.07) is 0.482. The van der Waals surface area contributed by atoms with Crippen LogP contribution in [0, 0.1) is 6.92 Å². The summed E-state index contributed by atoms with van der Waals surface area (Å²) in [6.45, 7) is 2.03. The van der Waals surface area contributed by atoms with Gasteiger partial charge in [0.1, 0.15) is 6.10 Å². The molecular formula is C13H16N4O. The number of aryl methyl sites for hydroxylation is 1. The molecule has 0 spiro atoms. The second-order valence-electron chi connectivity index (χ2n) is 5.29. The number of nitrogens with zero attached hydrogens (tertiary/aromatic N) is 4. The molecule has 0 bridgehead atoms. The first kappa shape index (κ1) is 10.2. The molecule has 0 unspecified atom stereocenters. The van der Waals surface area contributed by atoms with Gasteiger partial charge in [0, 0.05) is 12.6 Å². The third-order valence-electron chi connectivity index (χ3n) is 4.14. The molecule has 0 aromatic carbocycles. The van der Waals surface area contributed by atoms with E-state index in [1.165, 1.54) is 12.8 Å². The first-order valence-electron chi connectivity index (χ1n) is 6.48. The molecule has 1 aliphatic heterocycles. The van der Waals surface area contributed by atoms with Crippen molar-refractivity contribution in [3.8, 4) is 5.75 Å². The number of likely N-dealkylation sites (N-methyl/N-ethyl adjacent to an activating group) is 1. The fourth-order valence-electron chi connectivity index (χ4n) is 3.14. The average Bonchev–Trinajstić information content (AvgIpc) is 2.96. The van der Waals surface area contributed by atoms with Crippen LogP contribution in [0.25, 0.3) is 5.65 Å². The fourth-order valence-corrected chi connectivity index (χ4v) is 3.14. The van der Waals surface area contributed by atoms with E-state index in [2.05, 4.69) is 17.0 Å². The minimum absolute atomic E-state index is 0.318. The van der Waals surface area contributed by atoms with E-state index in [1.807, 2.05) is 19.3 Å². The van der Waals surface area contributed by atoms with Crippen LogP contribution < -0.4 is 9.64 Å². The van der Waals surface area contributed by atoms with Crippen LogP contribution in [0.1, 0.15) is 24.8 Å². The lowest BCUT2D eigenvalue weighted by molar-refractivity contribution is 0.172. The Labute approximate surface area is 105 Å². The van der Waals surface area contributed by atoms with Crippen molar-refractivity contribution in [1.29, 1.82) is 0 Å². The van der Waals surface area contributed by atoms with Gasteiger partial charge in [0.05, 0.1) is 18.4 Å². The average molecular weight is 244 g/mol. The summed E-state index contributed by atoms with van der Waals surface area (Å²) >= 11 is 0. The molecule has 2 atom stereocenters. The lowest BCUT2D eigenvalue weighted by Crippen LogP contribution is -2.44. The maximum atomic E-state index is 6.08. The third kappa shape index (κ3) is 1.22. The first-order valence-corrected chi connectivity index (χ1v) is 6.48. The molecule has 5 nitrogen and oxygen atoms in total. The molecule has 18 heavy (non-hydrogen) atoms. The maximum Gasteiger partial charge on any atom is 0.180 e. The maximum absolute atomic E-state index is 6.08.